The second-order valence-electron chi connectivity index (χ2n) is 8.43. The van der Waals surface area contributed by atoms with Crippen molar-refractivity contribution >= 4 is 21.7 Å². The van der Waals surface area contributed by atoms with Crippen molar-refractivity contribution in [3.05, 3.63) is 96.1 Å². The molecule has 0 saturated carbocycles. The third-order valence-corrected chi connectivity index (χ3v) is 7.99. The monoisotopic (exact) mass is 491 g/mol. The molecule has 0 spiro atoms. The molecular weight excluding hydrogens is 462 g/mol. The first-order chi connectivity index (χ1) is 16.9. The number of carbonyl (C=O) groups is 1. The largest absolute Gasteiger partial charge is 0.497 e. The second kappa shape index (κ2) is 10.3. The molecule has 1 aliphatic rings. The number of carbonyl (C=O) groups excluding carboxylic acids is 1. The molecule has 3 aromatic rings. The van der Waals surface area contributed by atoms with Crippen molar-refractivity contribution in [2.45, 2.75) is 29.7 Å². The summed E-state index contributed by atoms with van der Waals surface area (Å²) < 4.78 is 30.5. The molecule has 2 N–H and O–H groups in total. The summed E-state index contributed by atoms with van der Waals surface area (Å²) in [6, 6.07) is 25.3. The zero-order chi connectivity index (χ0) is 24.9. The summed E-state index contributed by atoms with van der Waals surface area (Å²) in [5.74, 6) is 0.507. The van der Waals surface area contributed by atoms with E-state index in [0.717, 1.165) is 11.1 Å². The van der Waals surface area contributed by atoms with Gasteiger partial charge in [0.05, 0.1) is 17.8 Å². The Morgan fingerprint density at radius 1 is 0.886 bits per heavy atom. The molecule has 1 heterocycles. The molecule has 1 aliphatic heterocycles. The van der Waals surface area contributed by atoms with Crippen LogP contribution in [-0.4, -0.2) is 44.6 Å². The molecule has 8 heteroatoms. The van der Waals surface area contributed by atoms with Crippen LogP contribution in [-0.2, 0) is 20.2 Å². The molecule has 1 amide bonds. The van der Waals surface area contributed by atoms with Gasteiger partial charge in [-0.2, -0.15) is 0 Å². The van der Waals surface area contributed by atoms with Gasteiger partial charge in [-0.1, -0.05) is 73.2 Å². The predicted octanol–water partition coefficient (Wildman–Crippen LogP) is 3.74. The lowest BCUT2D eigenvalue weighted by Crippen LogP contribution is -2.44. The number of hydrogen-bond acceptors (Lipinski definition) is 6. The Kier molecular flexibility index (Phi) is 7.21. The van der Waals surface area contributed by atoms with Crippen LogP contribution >= 0.6 is 0 Å². The first-order valence-corrected chi connectivity index (χ1v) is 13.2. The maximum Gasteiger partial charge on any atom is 0.266 e. The van der Waals surface area contributed by atoms with E-state index in [9.17, 15) is 13.2 Å². The van der Waals surface area contributed by atoms with E-state index in [4.69, 9.17) is 10.5 Å². The Bertz CT molecular complexity index is 1270. The van der Waals surface area contributed by atoms with Crippen molar-refractivity contribution in [3.8, 4) is 5.75 Å². The van der Waals surface area contributed by atoms with Gasteiger partial charge in [-0.3, -0.25) is 9.69 Å². The van der Waals surface area contributed by atoms with E-state index in [1.165, 1.54) is 18.1 Å². The van der Waals surface area contributed by atoms with Gasteiger partial charge >= 0.3 is 0 Å². The van der Waals surface area contributed by atoms with Crippen molar-refractivity contribution in [3.63, 3.8) is 0 Å². The Labute approximate surface area is 206 Å². The number of unbranched alkanes of at least 4 members (excludes halogenated alkanes) is 2. The molecule has 35 heavy (non-hydrogen) atoms. The highest BCUT2D eigenvalue weighted by Gasteiger charge is 2.50. The molecule has 7 nitrogen and oxygen atoms in total. The van der Waals surface area contributed by atoms with Crippen LogP contribution in [0.3, 0.4) is 0 Å². The maximum absolute atomic E-state index is 13.7. The number of hydrogen-bond donors (Lipinski definition) is 1. The number of nitrogens with zero attached hydrogens (tertiary/aromatic N) is 2. The maximum atomic E-state index is 13.7. The lowest BCUT2D eigenvalue weighted by molar-refractivity contribution is -0.130. The highest BCUT2D eigenvalue weighted by atomic mass is 32.2. The molecule has 0 saturated heterocycles. The molecule has 0 aliphatic carbocycles. The number of ether oxygens (including phenoxy) is 1. The molecular formula is C27H29N3O4S. The van der Waals surface area contributed by atoms with E-state index >= 15 is 0 Å². The molecule has 0 unspecified atom stereocenters. The minimum atomic E-state index is -3.41. The predicted molar refractivity (Wildman–Crippen MR) is 136 cm³/mol. The van der Waals surface area contributed by atoms with Gasteiger partial charge in [0.25, 0.3) is 5.91 Å². The fraction of sp³-hybridized carbons (Fsp3) is 0.259. The van der Waals surface area contributed by atoms with E-state index in [2.05, 4.69) is 4.99 Å². The fourth-order valence-electron chi connectivity index (χ4n) is 4.35. The van der Waals surface area contributed by atoms with Gasteiger partial charge in [-0.25, -0.2) is 13.4 Å². The Morgan fingerprint density at radius 2 is 1.51 bits per heavy atom. The van der Waals surface area contributed by atoms with E-state index in [1.807, 2.05) is 60.7 Å². The summed E-state index contributed by atoms with van der Waals surface area (Å²) in [4.78, 5) is 20.2. The summed E-state index contributed by atoms with van der Waals surface area (Å²) >= 11 is 0. The SMILES string of the molecule is COc1cccc(S(=O)(=O)CCCCCN2C(=O)C(c3ccccc3)(c3ccccc3)N=C2N)c1. The number of sulfone groups is 1. The number of nitrogens with two attached hydrogens (primary N) is 1. The summed E-state index contributed by atoms with van der Waals surface area (Å²) in [6.07, 6.45) is 1.71. The molecule has 182 valence electrons. The van der Waals surface area contributed by atoms with Crippen LogP contribution in [0.2, 0.25) is 0 Å². The molecule has 0 bridgehead atoms. The molecule has 3 aromatic carbocycles. The number of rotatable bonds is 10. The van der Waals surface area contributed by atoms with Crippen molar-refractivity contribution in [1.82, 2.24) is 4.90 Å². The minimum Gasteiger partial charge on any atom is -0.497 e. The molecule has 4 rings (SSSR count). The van der Waals surface area contributed by atoms with Gasteiger partial charge in [0.1, 0.15) is 5.75 Å². The number of amides is 1. The topological polar surface area (TPSA) is 102 Å². The summed E-state index contributed by atoms with van der Waals surface area (Å²) in [5, 5.41) is 0. The van der Waals surface area contributed by atoms with Crippen LogP contribution in [0.15, 0.2) is 94.8 Å². The van der Waals surface area contributed by atoms with E-state index in [1.54, 1.807) is 18.2 Å². The van der Waals surface area contributed by atoms with Crippen molar-refractivity contribution in [2.75, 3.05) is 19.4 Å². The smallest absolute Gasteiger partial charge is 0.266 e. The summed E-state index contributed by atoms with van der Waals surface area (Å²) in [6.45, 7) is 0.370. The van der Waals surface area contributed by atoms with Crippen LogP contribution < -0.4 is 10.5 Å². The van der Waals surface area contributed by atoms with Gasteiger partial charge in [0, 0.05) is 6.54 Å². The number of guanidine groups is 1. The molecule has 0 fully saturated rings. The highest BCUT2D eigenvalue weighted by molar-refractivity contribution is 7.91. The Hall–Kier alpha value is -3.65. The molecule has 0 aromatic heterocycles. The second-order valence-corrected chi connectivity index (χ2v) is 10.5. The van der Waals surface area contributed by atoms with Crippen molar-refractivity contribution in [2.24, 2.45) is 10.7 Å². The average molecular weight is 492 g/mol. The van der Waals surface area contributed by atoms with Gasteiger partial charge in [-0.05, 0) is 42.2 Å². The van der Waals surface area contributed by atoms with Gasteiger partial charge in [-0.15, -0.1) is 0 Å². The number of benzene rings is 3. The average Bonchev–Trinajstić information content (AvgIpc) is 3.15. The fourth-order valence-corrected chi connectivity index (χ4v) is 5.75. The van der Waals surface area contributed by atoms with E-state index in [0.29, 0.717) is 31.6 Å². The van der Waals surface area contributed by atoms with E-state index < -0.39 is 15.4 Å². The summed E-state index contributed by atoms with van der Waals surface area (Å²) in [7, 11) is -1.91. The highest BCUT2D eigenvalue weighted by Crippen LogP contribution is 2.39. The lowest BCUT2D eigenvalue weighted by atomic mass is 9.83. The van der Waals surface area contributed by atoms with Crippen LogP contribution in [0.4, 0.5) is 0 Å². The summed E-state index contributed by atoms with van der Waals surface area (Å²) in [5.41, 5.74) is 6.55. The number of methoxy groups -OCH3 is 1. The zero-order valence-corrected chi connectivity index (χ0v) is 20.4. The zero-order valence-electron chi connectivity index (χ0n) is 19.6. The van der Waals surface area contributed by atoms with Crippen LogP contribution in [0.5, 0.6) is 5.75 Å². The van der Waals surface area contributed by atoms with Crippen molar-refractivity contribution in [1.29, 1.82) is 0 Å². The van der Waals surface area contributed by atoms with Crippen LogP contribution in [0.25, 0.3) is 0 Å². The molecule has 0 radical (unpaired) electrons. The third-order valence-electron chi connectivity index (χ3n) is 6.19. The Balaban J connectivity index is 1.42. The third kappa shape index (κ3) is 4.93. The van der Waals surface area contributed by atoms with E-state index in [-0.39, 0.29) is 22.5 Å². The first-order valence-electron chi connectivity index (χ1n) is 11.5. The van der Waals surface area contributed by atoms with Crippen molar-refractivity contribution < 1.29 is 17.9 Å². The Morgan fingerprint density at radius 3 is 2.11 bits per heavy atom. The minimum absolute atomic E-state index is 0.0235. The quantitative estimate of drug-likeness (QED) is 0.435. The van der Waals surface area contributed by atoms with Crippen LogP contribution in [0, 0.1) is 0 Å². The van der Waals surface area contributed by atoms with Gasteiger partial charge < -0.3 is 10.5 Å². The molecule has 0 atom stereocenters. The normalized spacial score (nSPS) is 15.2. The van der Waals surface area contributed by atoms with Crippen LogP contribution in [0.1, 0.15) is 30.4 Å². The standard InChI is InChI=1S/C27H29N3O4S/c1-34-23-16-11-17-24(20-23)35(32,33)19-10-4-9-18-30-25(31)27(29-26(30)28,21-12-5-2-6-13-21)22-14-7-3-8-15-22/h2-3,5-8,11-17,20H,4,9-10,18-19H2,1H3,(H2,28,29). The van der Waals surface area contributed by atoms with Gasteiger partial charge in [0.2, 0.25) is 0 Å². The lowest BCUT2D eigenvalue weighted by Gasteiger charge is -2.27. The number of aliphatic imine (C=N–C) groups is 1. The first kappa shape index (κ1) is 24.5. The van der Waals surface area contributed by atoms with Gasteiger partial charge in [0.15, 0.2) is 21.3 Å².